The van der Waals surface area contributed by atoms with Crippen LogP contribution in [-0.4, -0.2) is 55.0 Å². The molecule has 3 atom stereocenters. The first kappa shape index (κ1) is 33.1. The van der Waals surface area contributed by atoms with Gasteiger partial charge in [0, 0.05) is 41.6 Å². The van der Waals surface area contributed by atoms with Gasteiger partial charge in [-0.3, -0.25) is 14.6 Å². The number of aromatic nitrogens is 4. The summed E-state index contributed by atoms with van der Waals surface area (Å²) < 4.78 is 0. The standard InChI is InChI=1S/C36H42N4O4.Mg/c1-8-21-28-15-29-23(11-16(2)3)18(5)25(37-29)14-30-33(20(7)41)19(6)27(38-30)13-26-17(4)22(9-10-32(43)44)35(39-26)24-12-31(42)34(21)36(24)40-28;/h13-17,20,22,41H,8-12H2,1-7H3,(H3,37,38,39,40,42,43,44);/q;+2/p-2/t17-,20?,22-;/m0./s1. The smallest absolute Gasteiger partial charge is 0.657 e. The van der Waals surface area contributed by atoms with Crippen LogP contribution in [0.15, 0.2) is 18.2 Å². The van der Waals surface area contributed by atoms with Crippen molar-refractivity contribution in [2.45, 2.75) is 98.5 Å². The number of aliphatic carboxylic acids is 1. The number of aryl methyl sites for hydroxylation is 2. The van der Waals surface area contributed by atoms with Gasteiger partial charge in [-0.1, -0.05) is 57.0 Å². The average molecular weight is 617 g/mol. The normalized spacial score (nSPS) is 18.1. The van der Waals surface area contributed by atoms with E-state index in [2.05, 4.69) is 27.7 Å². The molecule has 0 saturated heterocycles. The number of rotatable bonds is 7. The molecule has 3 aromatic rings. The van der Waals surface area contributed by atoms with Crippen molar-refractivity contribution in [3.8, 4) is 0 Å². The Morgan fingerprint density at radius 1 is 1.04 bits per heavy atom. The summed E-state index contributed by atoms with van der Waals surface area (Å²) >= 11 is 0. The maximum Gasteiger partial charge on any atom is 2.00 e. The number of nitrogens with zero attached hydrogens (tertiary/aromatic N) is 4. The molecule has 9 heteroatoms. The Balaban J connectivity index is 0.00000400. The molecule has 0 fully saturated rings. The summed E-state index contributed by atoms with van der Waals surface area (Å²) in [6.45, 7) is 14.3. The number of aliphatic hydroxyl groups excluding tert-OH is 1. The van der Waals surface area contributed by atoms with Crippen LogP contribution in [0.2, 0.25) is 0 Å². The van der Waals surface area contributed by atoms with Gasteiger partial charge in [-0.25, -0.2) is 4.98 Å². The summed E-state index contributed by atoms with van der Waals surface area (Å²) in [7, 11) is 0. The molecule has 0 amide bonds. The number of Topliss-reactive ketones (excluding diaryl/α,β-unsaturated/α-hetero) is 1. The van der Waals surface area contributed by atoms with Crippen LogP contribution >= 0.6 is 0 Å². The Morgan fingerprint density at radius 2 is 1.76 bits per heavy atom. The van der Waals surface area contributed by atoms with E-state index < -0.39 is 12.1 Å². The van der Waals surface area contributed by atoms with Gasteiger partial charge in [0.25, 0.3) is 0 Å². The topological polar surface area (TPSA) is 129 Å². The van der Waals surface area contributed by atoms with Crippen molar-refractivity contribution in [1.82, 2.24) is 19.9 Å². The number of hydrogen-bond acceptors (Lipinski definition) is 5. The Labute approximate surface area is 280 Å². The molecule has 0 spiro atoms. The van der Waals surface area contributed by atoms with Crippen LogP contribution in [0.4, 0.5) is 0 Å². The predicted octanol–water partition coefficient (Wildman–Crippen LogP) is 6.58. The van der Waals surface area contributed by atoms with E-state index in [0.717, 1.165) is 73.6 Å². The number of fused-ring (bicyclic) bond motifs is 8. The summed E-state index contributed by atoms with van der Waals surface area (Å²) in [5, 5.41) is 20.4. The van der Waals surface area contributed by atoms with Gasteiger partial charge in [-0.05, 0) is 68.2 Å². The minimum Gasteiger partial charge on any atom is -0.657 e. The third-order valence-electron chi connectivity index (χ3n) is 9.54. The van der Waals surface area contributed by atoms with E-state index in [4.69, 9.17) is 19.9 Å². The van der Waals surface area contributed by atoms with Gasteiger partial charge in [0.2, 0.25) is 0 Å². The number of ketones is 1. The van der Waals surface area contributed by atoms with Gasteiger partial charge in [-0.2, -0.15) is 0 Å². The summed E-state index contributed by atoms with van der Waals surface area (Å²) in [6, 6.07) is 5.95. The minimum atomic E-state index is -0.860. The van der Waals surface area contributed by atoms with Crippen LogP contribution in [0.5, 0.6) is 0 Å². The van der Waals surface area contributed by atoms with E-state index in [1.54, 1.807) is 6.92 Å². The zero-order valence-electron chi connectivity index (χ0n) is 27.3. The molecule has 1 aliphatic carbocycles. The van der Waals surface area contributed by atoms with Crippen LogP contribution in [0.25, 0.3) is 33.2 Å². The first-order valence-corrected chi connectivity index (χ1v) is 15.7. The molecule has 1 unspecified atom stereocenters. The largest absolute Gasteiger partial charge is 2.00 e. The van der Waals surface area contributed by atoms with Crippen LogP contribution in [0, 0.1) is 12.8 Å². The van der Waals surface area contributed by atoms with Gasteiger partial charge in [0.1, 0.15) is 0 Å². The van der Waals surface area contributed by atoms with Gasteiger partial charge >= 0.3 is 29.0 Å². The molecule has 3 aliphatic rings. The molecule has 230 valence electrons. The van der Waals surface area contributed by atoms with E-state index >= 15 is 0 Å². The molecule has 0 radical (unpaired) electrons. The number of hydrogen-bond donors (Lipinski definition) is 2. The van der Waals surface area contributed by atoms with Crippen LogP contribution in [-0.2, 0) is 17.6 Å². The summed E-state index contributed by atoms with van der Waals surface area (Å²) in [6.07, 6.45) is 1.38. The summed E-state index contributed by atoms with van der Waals surface area (Å²) in [5.74, 6) is -0.682. The molecule has 3 aromatic heterocycles. The molecule has 0 aromatic carbocycles. The summed E-state index contributed by atoms with van der Waals surface area (Å²) in [5.41, 5.74) is 12.3. The van der Waals surface area contributed by atoms with Crippen molar-refractivity contribution in [2.75, 3.05) is 0 Å². The molecular weight excluding hydrogens is 577 g/mol. The predicted molar refractivity (Wildman–Crippen MR) is 177 cm³/mol. The van der Waals surface area contributed by atoms with Crippen molar-refractivity contribution in [1.29, 1.82) is 0 Å². The second kappa shape index (κ2) is 12.5. The van der Waals surface area contributed by atoms with Crippen LogP contribution < -0.4 is 9.97 Å². The Morgan fingerprint density at radius 3 is 2.40 bits per heavy atom. The van der Waals surface area contributed by atoms with E-state index in [1.165, 1.54) is 0 Å². The molecule has 0 saturated carbocycles. The molecule has 45 heavy (non-hydrogen) atoms. The first-order chi connectivity index (χ1) is 20.9. The van der Waals surface area contributed by atoms with E-state index in [9.17, 15) is 19.8 Å². The molecule has 2 aliphatic heterocycles. The molecule has 8 nitrogen and oxygen atoms in total. The number of allylic oxidation sites excluding steroid dienone is 2. The van der Waals surface area contributed by atoms with E-state index in [1.807, 2.05) is 32.0 Å². The minimum absolute atomic E-state index is 0. The molecule has 2 N–H and O–H groups in total. The maximum atomic E-state index is 13.6. The third-order valence-corrected chi connectivity index (χ3v) is 9.54. The maximum absolute atomic E-state index is 13.6. The van der Waals surface area contributed by atoms with E-state index in [-0.39, 0.29) is 53.5 Å². The zero-order valence-corrected chi connectivity index (χ0v) is 28.7. The monoisotopic (exact) mass is 616 g/mol. The second-order valence-corrected chi connectivity index (χ2v) is 13.0. The number of carboxylic acids is 1. The Bertz CT molecular complexity index is 1910. The number of carbonyl (C=O) groups is 2. The fourth-order valence-corrected chi connectivity index (χ4v) is 7.28. The second-order valence-electron chi connectivity index (χ2n) is 13.0. The molecule has 6 rings (SSSR count). The Hall–Kier alpha value is -3.27. The van der Waals surface area contributed by atoms with Crippen molar-refractivity contribution in [3.63, 3.8) is 0 Å². The Kier molecular flexibility index (Phi) is 9.19. The number of carbonyl (C=O) groups excluding carboxylic acids is 1. The van der Waals surface area contributed by atoms with Crippen molar-refractivity contribution in [3.05, 3.63) is 68.8 Å². The van der Waals surface area contributed by atoms with Gasteiger partial charge in [0.15, 0.2) is 5.78 Å². The SMILES string of the molecule is CCc1c2c3[n-]c1cc1nc(cc4[n-]c(cc5nc(c3CC2=O)[C@@H](CCC(=O)O)[C@@H]5C)c(C)c4C(C)O)C(C)=C1CC(C)C.[Mg+2]. The molecule has 5 heterocycles. The molecular formula is C36H40MgN4O4. The van der Waals surface area contributed by atoms with E-state index in [0.29, 0.717) is 35.4 Å². The zero-order chi connectivity index (χ0) is 31.6. The van der Waals surface area contributed by atoms with Crippen LogP contribution in [0.1, 0.15) is 134 Å². The third kappa shape index (κ3) is 5.68. The van der Waals surface area contributed by atoms with Crippen molar-refractivity contribution in [2.24, 2.45) is 5.92 Å². The molecule has 8 bridgehead atoms. The summed E-state index contributed by atoms with van der Waals surface area (Å²) in [4.78, 5) is 45.6. The van der Waals surface area contributed by atoms with Crippen molar-refractivity contribution >= 4 is 68.0 Å². The van der Waals surface area contributed by atoms with Gasteiger partial charge in [-0.15, -0.1) is 22.1 Å². The quantitative estimate of drug-likeness (QED) is 0.285. The van der Waals surface area contributed by atoms with Crippen LogP contribution in [0.3, 0.4) is 0 Å². The fourth-order valence-electron chi connectivity index (χ4n) is 7.28. The van der Waals surface area contributed by atoms with Crippen molar-refractivity contribution < 1.29 is 19.8 Å². The number of carboxylic acid groups (broad SMARTS) is 1. The average Bonchev–Trinajstić information content (AvgIpc) is 3.70. The fraction of sp³-hybridized carbons (Fsp3) is 0.444. The first-order valence-electron chi connectivity index (χ1n) is 15.7. The van der Waals surface area contributed by atoms with Gasteiger partial charge < -0.3 is 20.2 Å². The van der Waals surface area contributed by atoms with Gasteiger partial charge in [0.05, 0.1) is 17.5 Å². The number of aliphatic hydroxyl groups is 1.